The first-order valence-electron chi connectivity index (χ1n) is 6.61. The molecule has 4 nitrogen and oxygen atoms in total. The van der Waals surface area contributed by atoms with Crippen LogP contribution in [0.2, 0.25) is 0 Å². The number of para-hydroxylation sites is 1. The van der Waals surface area contributed by atoms with Crippen molar-refractivity contribution in [2.75, 3.05) is 11.4 Å². The number of fused-ring (bicyclic) bond motifs is 1. The zero-order valence-electron chi connectivity index (χ0n) is 10.3. The molecule has 0 radical (unpaired) electrons. The van der Waals surface area contributed by atoms with E-state index in [2.05, 4.69) is 5.32 Å². The first kappa shape index (κ1) is 11.5. The van der Waals surface area contributed by atoms with Gasteiger partial charge in [-0.25, -0.2) is 4.79 Å². The van der Waals surface area contributed by atoms with Crippen molar-refractivity contribution >= 4 is 11.7 Å². The Labute approximate surface area is 107 Å². The number of hydrogen-bond acceptors (Lipinski definition) is 2. The van der Waals surface area contributed by atoms with Gasteiger partial charge in [-0.05, 0) is 31.7 Å². The number of benzene rings is 1. The van der Waals surface area contributed by atoms with Crippen molar-refractivity contribution in [3.8, 4) is 0 Å². The number of urea groups is 1. The largest absolute Gasteiger partial charge is 0.388 e. The quantitative estimate of drug-likeness (QED) is 0.798. The van der Waals surface area contributed by atoms with Crippen molar-refractivity contribution in [1.82, 2.24) is 5.32 Å². The van der Waals surface area contributed by atoms with Crippen molar-refractivity contribution < 1.29 is 9.90 Å². The summed E-state index contributed by atoms with van der Waals surface area (Å²) in [6.07, 6.45) is 3.26. The molecule has 0 spiro atoms. The van der Waals surface area contributed by atoms with Crippen LogP contribution in [0.4, 0.5) is 10.5 Å². The SMILES string of the molecule is O=C(NC1CC1)N1CCCC(O)c2ccccc21. The van der Waals surface area contributed by atoms with Crippen LogP contribution in [0, 0.1) is 0 Å². The van der Waals surface area contributed by atoms with Crippen LogP contribution < -0.4 is 10.2 Å². The van der Waals surface area contributed by atoms with Gasteiger partial charge in [0.05, 0.1) is 11.8 Å². The Morgan fingerprint density at radius 3 is 2.83 bits per heavy atom. The highest BCUT2D eigenvalue weighted by Gasteiger charge is 2.29. The maximum absolute atomic E-state index is 12.2. The molecule has 2 N–H and O–H groups in total. The summed E-state index contributed by atoms with van der Waals surface area (Å²) in [6, 6.07) is 7.97. The summed E-state index contributed by atoms with van der Waals surface area (Å²) in [5.41, 5.74) is 1.71. The Bertz CT molecular complexity index is 457. The first-order valence-corrected chi connectivity index (χ1v) is 6.61. The normalized spacial score (nSPS) is 23.2. The molecule has 2 amide bonds. The lowest BCUT2D eigenvalue weighted by atomic mass is 10.0. The molecule has 0 aromatic heterocycles. The van der Waals surface area contributed by atoms with E-state index < -0.39 is 6.10 Å². The Balaban J connectivity index is 1.89. The fourth-order valence-corrected chi connectivity index (χ4v) is 2.42. The number of nitrogens with one attached hydrogen (secondary N) is 1. The van der Waals surface area contributed by atoms with E-state index in [0.29, 0.717) is 19.0 Å². The van der Waals surface area contributed by atoms with Crippen molar-refractivity contribution in [2.24, 2.45) is 0 Å². The van der Waals surface area contributed by atoms with E-state index in [1.165, 1.54) is 0 Å². The molecule has 4 heteroatoms. The Hall–Kier alpha value is -1.55. The molecule has 18 heavy (non-hydrogen) atoms. The highest BCUT2D eigenvalue weighted by atomic mass is 16.3. The molecular weight excluding hydrogens is 228 g/mol. The predicted octanol–water partition coefficient (Wildman–Crippen LogP) is 2.19. The highest BCUT2D eigenvalue weighted by Crippen LogP contribution is 2.33. The van der Waals surface area contributed by atoms with Gasteiger partial charge in [0.15, 0.2) is 0 Å². The summed E-state index contributed by atoms with van der Waals surface area (Å²) >= 11 is 0. The second kappa shape index (κ2) is 4.61. The van der Waals surface area contributed by atoms with Crippen LogP contribution in [0.15, 0.2) is 24.3 Å². The van der Waals surface area contributed by atoms with Gasteiger partial charge in [-0.3, -0.25) is 4.90 Å². The van der Waals surface area contributed by atoms with E-state index >= 15 is 0 Å². The fraction of sp³-hybridized carbons (Fsp3) is 0.500. The van der Waals surface area contributed by atoms with E-state index in [-0.39, 0.29) is 6.03 Å². The second-order valence-corrected chi connectivity index (χ2v) is 5.09. The lowest BCUT2D eigenvalue weighted by molar-refractivity contribution is 0.168. The van der Waals surface area contributed by atoms with Crippen molar-refractivity contribution in [2.45, 2.75) is 37.8 Å². The standard InChI is InChI=1S/C14H18N2O2/c17-13-6-3-9-16(14(18)15-10-7-8-10)12-5-2-1-4-11(12)13/h1-2,4-5,10,13,17H,3,6-9H2,(H,15,18). The number of aliphatic hydroxyl groups excluding tert-OH is 1. The number of aliphatic hydroxyl groups is 1. The molecule has 96 valence electrons. The van der Waals surface area contributed by atoms with E-state index in [1.54, 1.807) is 4.90 Å². The Kier molecular flexibility index (Phi) is 2.96. The summed E-state index contributed by atoms with van der Waals surface area (Å²) in [5, 5.41) is 13.1. The minimum Gasteiger partial charge on any atom is -0.388 e. The van der Waals surface area contributed by atoms with Gasteiger partial charge in [0.2, 0.25) is 0 Å². The molecule has 1 aromatic rings. The topological polar surface area (TPSA) is 52.6 Å². The van der Waals surface area contributed by atoms with Crippen LogP contribution in [0.25, 0.3) is 0 Å². The number of rotatable bonds is 1. The molecule has 1 saturated carbocycles. The lowest BCUT2D eigenvalue weighted by Gasteiger charge is -2.23. The van der Waals surface area contributed by atoms with Gasteiger partial charge in [-0.1, -0.05) is 18.2 Å². The fourth-order valence-electron chi connectivity index (χ4n) is 2.42. The number of carbonyl (C=O) groups excluding carboxylic acids is 1. The second-order valence-electron chi connectivity index (χ2n) is 5.09. The number of amides is 2. The summed E-state index contributed by atoms with van der Waals surface area (Å²) in [4.78, 5) is 14.0. The Morgan fingerprint density at radius 2 is 2.06 bits per heavy atom. The van der Waals surface area contributed by atoms with Crippen molar-refractivity contribution in [3.05, 3.63) is 29.8 Å². The van der Waals surface area contributed by atoms with E-state index in [1.807, 2.05) is 24.3 Å². The highest BCUT2D eigenvalue weighted by molar-refractivity contribution is 5.93. The molecule has 1 fully saturated rings. The van der Waals surface area contributed by atoms with Gasteiger partial charge in [-0.2, -0.15) is 0 Å². The van der Waals surface area contributed by atoms with Gasteiger partial charge in [0.1, 0.15) is 0 Å². The van der Waals surface area contributed by atoms with E-state index in [9.17, 15) is 9.90 Å². The van der Waals surface area contributed by atoms with Crippen LogP contribution in [0.1, 0.15) is 37.4 Å². The van der Waals surface area contributed by atoms with Gasteiger partial charge in [0, 0.05) is 18.2 Å². The molecule has 1 unspecified atom stereocenters. The van der Waals surface area contributed by atoms with Gasteiger partial charge >= 0.3 is 6.03 Å². The van der Waals surface area contributed by atoms with Crippen LogP contribution >= 0.6 is 0 Å². The van der Waals surface area contributed by atoms with Crippen LogP contribution in [-0.4, -0.2) is 23.7 Å². The predicted molar refractivity (Wildman–Crippen MR) is 69.5 cm³/mol. The minimum atomic E-state index is -0.458. The average Bonchev–Trinajstić information content (AvgIpc) is 3.18. The zero-order valence-corrected chi connectivity index (χ0v) is 10.3. The number of anilines is 1. The molecular formula is C14H18N2O2. The smallest absolute Gasteiger partial charge is 0.322 e. The molecule has 1 aromatic carbocycles. The zero-order chi connectivity index (χ0) is 12.5. The average molecular weight is 246 g/mol. The first-order chi connectivity index (χ1) is 8.75. The molecule has 1 aliphatic carbocycles. The van der Waals surface area contributed by atoms with Gasteiger partial charge in [0.25, 0.3) is 0 Å². The minimum absolute atomic E-state index is 0.0287. The monoisotopic (exact) mass is 246 g/mol. The summed E-state index contributed by atoms with van der Waals surface area (Å²) < 4.78 is 0. The van der Waals surface area contributed by atoms with Crippen LogP contribution in [0.5, 0.6) is 0 Å². The number of nitrogens with zero attached hydrogens (tertiary/aromatic N) is 1. The Morgan fingerprint density at radius 1 is 1.28 bits per heavy atom. The molecule has 0 saturated heterocycles. The maximum atomic E-state index is 12.2. The van der Waals surface area contributed by atoms with Gasteiger partial charge in [-0.15, -0.1) is 0 Å². The molecule has 3 rings (SSSR count). The third-order valence-electron chi connectivity index (χ3n) is 3.60. The molecule has 0 bridgehead atoms. The molecule has 1 atom stereocenters. The summed E-state index contributed by atoms with van der Waals surface area (Å²) in [7, 11) is 0. The molecule has 1 heterocycles. The molecule has 1 aliphatic heterocycles. The summed E-state index contributed by atoms with van der Waals surface area (Å²) in [6.45, 7) is 0.673. The van der Waals surface area contributed by atoms with Crippen LogP contribution in [-0.2, 0) is 0 Å². The van der Waals surface area contributed by atoms with Crippen LogP contribution in [0.3, 0.4) is 0 Å². The third kappa shape index (κ3) is 2.20. The van der Waals surface area contributed by atoms with Crippen molar-refractivity contribution in [1.29, 1.82) is 0 Å². The van der Waals surface area contributed by atoms with Gasteiger partial charge < -0.3 is 10.4 Å². The summed E-state index contributed by atoms with van der Waals surface area (Å²) in [5.74, 6) is 0. The van der Waals surface area contributed by atoms with Crippen molar-refractivity contribution in [3.63, 3.8) is 0 Å². The van der Waals surface area contributed by atoms with E-state index in [4.69, 9.17) is 0 Å². The lowest BCUT2D eigenvalue weighted by Crippen LogP contribution is -2.41. The number of carbonyl (C=O) groups is 1. The number of hydrogen-bond donors (Lipinski definition) is 2. The molecule has 2 aliphatic rings. The van der Waals surface area contributed by atoms with E-state index in [0.717, 1.165) is 30.5 Å². The maximum Gasteiger partial charge on any atom is 0.322 e. The third-order valence-corrected chi connectivity index (χ3v) is 3.60.